The molecule has 3 rings (SSSR count). The summed E-state index contributed by atoms with van der Waals surface area (Å²) >= 11 is 5.77. The number of imidazole rings is 1. The summed E-state index contributed by atoms with van der Waals surface area (Å²) in [5.74, 6) is 0.186. The van der Waals surface area contributed by atoms with Crippen LogP contribution in [0.25, 0.3) is 11.2 Å². The number of carbonyl (C=O) groups is 1. The maximum absolute atomic E-state index is 9.74. The van der Waals surface area contributed by atoms with E-state index in [4.69, 9.17) is 32.4 Å². The van der Waals surface area contributed by atoms with Gasteiger partial charge in [-0.2, -0.15) is 9.97 Å². The Balaban J connectivity index is 0.000000368. The summed E-state index contributed by atoms with van der Waals surface area (Å²) in [4.78, 5) is 21.2. The summed E-state index contributed by atoms with van der Waals surface area (Å²) in [7, 11) is 0. The minimum absolute atomic E-state index is 0.0176. The van der Waals surface area contributed by atoms with Crippen molar-refractivity contribution in [3.05, 3.63) is 11.6 Å². The van der Waals surface area contributed by atoms with Gasteiger partial charge in [-0.1, -0.05) is 0 Å². The topological polar surface area (TPSA) is 195 Å². The zero-order valence-corrected chi connectivity index (χ0v) is 13.0. The molecule has 3 atom stereocenters. The maximum Gasteiger partial charge on any atom is 0.335 e. The number of nitrogens with one attached hydrogen (secondary N) is 1. The minimum Gasteiger partial charge on any atom is -0.394 e. The third-order valence-corrected chi connectivity index (χ3v) is 3.39. The monoisotopic (exact) mass is 361 g/mol. The van der Waals surface area contributed by atoms with Gasteiger partial charge in [-0.15, -0.1) is 0 Å². The fraction of sp³-hybridized carbons (Fsp3) is 0.455. The number of anilines is 1. The third kappa shape index (κ3) is 3.80. The molecule has 0 aliphatic carbocycles. The number of nitrogens with two attached hydrogens (primary N) is 2. The number of hydroxylamine groups is 1. The van der Waals surface area contributed by atoms with Gasteiger partial charge in [-0.25, -0.2) is 15.3 Å². The molecule has 24 heavy (non-hydrogen) atoms. The quantitative estimate of drug-likeness (QED) is 0.215. The van der Waals surface area contributed by atoms with E-state index in [0.717, 1.165) is 0 Å². The van der Waals surface area contributed by atoms with Gasteiger partial charge in [0.05, 0.1) is 19.0 Å². The molecule has 0 radical (unpaired) electrons. The molecule has 2 aromatic rings. The molecule has 2 amide bonds. The number of urea groups is 1. The van der Waals surface area contributed by atoms with Crippen molar-refractivity contribution in [2.45, 2.75) is 24.9 Å². The molecule has 12 nitrogen and oxygen atoms in total. The molecule has 13 heteroatoms. The Kier molecular flexibility index (Phi) is 5.69. The smallest absolute Gasteiger partial charge is 0.335 e. The molecular formula is C11H16ClN7O5. The number of hydrogen-bond acceptors (Lipinski definition) is 9. The van der Waals surface area contributed by atoms with E-state index in [9.17, 15) is 9.90 Å². The fourth-order valence-corrected chi connectivity index (χ4v) is 2.34. The van der Waals surface area contributed by atoms with Crippen LogP contribution < -0.4 is 16.9 Å². The van der Waals surface area contributed by atoms with Gasteiger partial charge < -0.3 is 26.4 Å². The van der Waals surface area contributed by atoms with E-state index >= 15 is 0 Å². The van der Waals surface area contributed by atoms with Gasteiger partial charge in [0.25, 0.3) is 0 Å². The number of nitrogens with zero attached hydrogens (tertiary/aromatic N) is 4. The first kappa shape index (κ1) is 18.1. The highest BCUT2D eigenvalue weighted by atomic mass is 35.5. The van der Waals surface area contributed by atoms with Gasteiger partial charge >= 0.3 is 6.03 Å². The molecular weight excluding hydrogens is 346 g/mol. The Labute approximate surface area is 140 Å². The highest BCUT2D eigenvalue weighted by Gasteiger charge is 2.35. The summed E-state index contributed by atoms with van der Waals surface area (Å²) in [5, 5.41) is 26.3. The second-order valence-corrected chi connectivity index (χ2v) is 5.13. The van der Waals surface area contributed by atoms with Crippen LogP contribution in [0.15, 0.2) is 6.33 Å². The summed E-state index contributed by atoms with van der Waals surface area (Å²) in [6.07, 6.45) is 0.0169. The number of nitrogen functional groups attached to an aromatic ring is 1. The van der Waals surface area contributed by atoms with Crippen LogP contribution in [-0.4, -0.2) is 59.8 Å². The van der Waals surface area contributed by atoms with E-state index in [-0.39, 0.29) is 17.7 Å². The van der Waals surface area contributed by atoms with Crippen molar-refractivity contribution in [1.29, 1.82) is 0 Å². The van der Waals surface area contributed by atoms with Crippen molar-refractivity contribution in [3.63, 3.8) is 0 Å². The predicted octanol–water partition coefficient (Wildman–Crippen LogP) is -1.25. The van der Waals surface area contributed by atoms with E-state index in [0.29, 0.717) is 17.6 Å². The molecule has 2 aromatic heterocycles. The van der Waals surface area contributed by atoms with Gasteiger partial charge in [0.2, 0.25) is 5.28 Å². The fourth-order valence-electron chi connectivity index (χ4n) is 2.17. The van der Waals surface area contributed by atoms with Crippen LogP contribution in [0.4, 0.5) is 10.6 Å². The zero-order valence-electron chi connectivity index (χ0n) is 12.2. The van der Waals surface area contributed by atoms with Crippen LogP contribution in [0.3, 0.4) is 0 Å². The van der Waals surface area contributed by atoms with Crippen molar-refractivity contribution >= 4 is 34.6 Å². The van der Waals surface area contributed by atoms with Crippen LogP contribution in [0.1, 0.15) is 12.6 Å². The number of primary amides is 1. The lowest BCUT2D eigenvalue weighted by Crippen LogP contribution is -2.25. The molecule has 0 saturated carbocycles. The Morgan fingerprint density at radius 2 is 2.21 bits per heavy atom. The number of aliphatic hydroxyl groups excluding tert-OH is 2. The van der Waals surface area contributed by atoms with E-state index in [2.05, 4.69) is 20.7 Å². The summed E-state index contributed by atoms with van der Waals surface area (Å²) in [5.41, 5.74) is 12.0. The van der Waals surface area contributed by atoms with Gasteiger partial charge in [0.15, 0.2) is 11.5 Å². The lowest BCUT2D eigenvalue weighted by molar-refractivity contribution is -0.0432. The van der Waals surface area contributed by atoms with Gasteiger partial charge in [0, 0.05) is 6.42 Å². The van der Waals surface area contributed by atoms with E-state index in [1.165, 1.54) is 11.8 Å². The van der Waals surface area contributed by atoms with Crippen molar-refractivity contribution in [2.75, 3.05) is 12.3 Å². The molecule has 1 aliphatic rings. The van der Waals surface area contributed by atoms with E-state index in [1.807, 2.05) is 0 Å². The van der Waals surface area contributed by atoms with Gasteiger partial charge in [-0.05, 0) is 11.6 Å². The number of amides is 2. The lowest BCUT2D eigenvalue weighted by Gasteiger charge is -2.13. The first-order valence-corrected chi connectivity index (χ1v) is 7.04. The molecule has 0 aromatic carbocycles. The second-order valence-electron chi connectivity index (χ2n) is 4.79. The van der Waals surface area contributed by atoms with Crippen LogP contribution in [0.2, 0.25) is 5.28 Å². The highest BCUT2D eigenvalue weighted by Crippen LogP contribution is 2.31. The number of aromatic nitrogens is 4. The molecule has 0 spiro atoms. The molecule has 132 valence electrons. The van der Waals surface area contributed by atoms with E-state index < -0.39 is 24.5 Å². The van der Waals surface area contributed by atoms with E-state index in [1.54, 1.807) is 4.57 Å². The summed E-state index contributed by atoms with van der Waals surface area (Å²) in [6.45, 7) is -0.248. The average Bonchev–Trinajstić information content (AvgIpc) is 3.11. The van der Waals surface area contributed by atoms with Crippen molar-refractivity contribution < 1.29 is 25.0 Å². The second kappa shape index (κ2) is 7.55. The van der Waals surface area contributed by atoms with Crippen molar-refractivity contribution in [2.24, 2.45) is 5.73 Å². The first-order valence-electron chi connectivity index (χ1n) is 6.66. The number of rotatable bonds is 2. The average molecular weight is 362 g/mol. The number of fused-ring (bicyclic) bond motifs is 1. The number of aliphatic hydroxyl groups is 2. The minimum atomic E-state index is -0.940. The Hall–Kier alpha value is -2.25. The summed E-state index contributed by atoms with van der Waals surface area (Å²) in [6, 6.07) is -0.940. The largest absolute Gasteiger partial charge is 0.394 e. The number of halogens is 1. The van der Waals surface area contributed by atoms with Crippen LogP contribution in [0.5, 0.6) is 0 Å². The zero-order chi connectivity index (χ0) is 17.9. The van der Waals surface area contributed by atoms with Crippen LogP contribution >= 0.6 is 11.6 Å². The normalized spacial score (nSPS) is 22.9. The molecule has 1 fully saturated rings. The van der Waals surface area contributed by atoms with Crippen molar-refractivity contribution in [1.82, 2.24) is 25.0 Å². The van der Waals surface area contributed by atoms with Gasteiger partial charge in [-0.3, -0.25) is 9.77 Å². The number of ether oxygens (including phenoxy) is 1. The Morgan fingerprint density at radius 3 is 2.75 bits per heavy atom. The highest BCUT2D eigenvalue weighted by molar-refractivity contribution is 6.28. The molecule has 3 heterocycles. The summed E-state index contributed by atoms with van der Waals surface area (Å²) < 4.78 is 7.16. The molecule has 8 N–H and O–H groups in total. The number of carbonyl (C=O) groups excluding carboxylic acids is 1. The Morgan fingerprint density at radius 1 is 1.54 bits per heavy atom. The molecule has 1 saturated heterocycles. The standard InChI is InChI=1S/C10H12ClN5O3.CH4N2O2/c11-10-14-8(12)7-9(15-10)16(3-13-7)6-1-4(18)5(2-17)19-6;2-1(4)3-5/h3-6,17-18H,1-2H2,(H2,12,14,15);5H,(H3,2,3,4)/t4-,5+,6+;/m0./s1. The lowest BCUT2D eigenvalue weighted by atomic mass is 10.2. The Bertz CT molecular complexity index is 726. The molecule has 1 aliphatic heterocycles. The third-order valence-electron chi connectivity index (χ3n) is 3.23. The SMILES string of the molecule is NC(=O)NO.Nc1nc(Cl)nc2c1ncn2[C@H]1C[C@H](O)[C@@H](CO)O1. The van der Waals surface area contributed by atoms with Gasteiger partial charge in [0.1, 0.15) is 17.8 Å². The van der Waals surface area contributed by atoms with Crippen LogP contribution in [0, 0.1) is 0 Å². The predicted molar refractivity (Wildman–Crippen MR) is 80.9 cm³/mol. The van der Waals surface area contributed by atoms with Crippen LogP contribution in [-0.2, 0) is 4.74 Å². The van der Waals surface area contributed by atoms with Crippen molar-refractivity contribution in [3.8, 4) is 0 Å². The maximum atomic E-state index is 9.74. The first-order chi connectivity index (χ1) is 11.4. The molecule has 0 unspecified atom stereocenters. The molecule has 0 bridgehead atoms. The number of hydrogen-bond donors (Lipinski definition) is 6.